The van der Waals surface area contributed by atoms with Crippen molar-refractivity contribution in [3.63, 3.8) is 0 Å². The zero-order chi connectivity index (χ0) is 30.0. The number of pyridine rings is 1. The molecule has 0 spiro atoms. The second kappa shape index (κ2) is 13.6. The first-order valence-corrected chi connectivity index (χ1v) is 14.6. The monoisotopic (exact) mass is 608 g/mol. The van der Waals surface area contributed by atoms with Crippen LogP contribution in [-0.4, -0.2) is 74.9 Å². The van der Waals surface area contributed by atoms with Gasteiger partial charge in [0, 0.05) is 44.4 Å². The Morgan fingerprint density at radius 3 is 2.42 bits per heavy atom. The molecule has 1 fully saturated rings. The van der Waals surface area contributed by atoms with Crippen LogP contribution in [0.15, 0.2) is 49.1 Å². The van der Waals surface area contributed by atoms with Gasteiger partial charge in [-0.3, -0.25) is 9.88 Å². The predicted octanol–water partition coefficient (Wildman–Crippen LogP) is 6.09. The average Bonchev–Trinajstić information content (AvgIpc) is 3.31. The summed E-state index contributed by atoms with van der Waals surface area (Å²) in [4.78, 5) is 38.9. The van der Waals surface area contributed by atoms with Crippen molar-refractivity contribution in [1.29, 1.82) is 0 Å². The molecular weight excluding hydrogens is 568 g/mol. The normalized spacial score (nSPS) is 17.3. The maximum absolute atomic E-state index is 13.0. The number of aryl methyl sites for hydroxylation is 1. The Bertz CT molecular complexity index is 1480. The zero-order valence-electron chi connectivity index (χ0n) is 24.6. The lowest BCUT2D eigenvalue weighted by Crippen LogP contribution is -2.50. The van der Waals surface area contributed by atoms with Gasteiger partial charge >= 0.3 is 12.2 Å². The summed E-state index contributed by atoms with van der Waals surface area (Å²) < 4.78 is 12.8. The number of piperazine rings is 1. The number of alkyl carbamates (subject to hydrolysis) is 1. The minimum atomic E-state index is -0.588. The number of aromatic nitrogens is 3. The van der Waals surface area contributed by atoms with Gasteiger partial charge in [-0.05, 0) is 74.2 Å². The molecule has 230 valence electrons. The third-order valence-electron chi connectivity index (χ3n) is 7.40. The molecule has 0 bridgehead atoms. The molecule has 11 heteroatoms. The van der Waals surface area contributed by atoms with Gasteiger partial charge in [0.05, 0.1) is 48.2 Å². The van der Waals surface area contributed by atoms with Gasteiger partial charge in [0.2, 0.25) is 0 Å². The molecule has 1 aliphatic carbocycles. The molecule has 3 heterocycles. The van der Waals surface area contributed by atoms with Crippen molar-refractivity contribution in [1.82, 2.24) is 29.7 Å². The van der Waals surface area contributed by atoms with Gasteiger partial charge in [0.15, 0.2) is 0 Å². The van der Waals surface area contributed by atoms with Gasteiger partial charge in [-0.25, -0.2) is 14.6 Å². The van der Waals surface area contributed by atoms with E-state index in [0.29, 0.717) is 31.2 Å². The van der Waals surface area contributed by atoms with Crippen molar-refractivity contribution >= 4 is 35.4 Å². The summed E-state index contributed by atoms with van der Waals surface area (Å²) >= 11 is 6.63. The van der Waals surface area contributed by atoms with Crippen molar-refractivity contribution in [2.24, 2.45) is 7.05 Å². The SMILES string of the molecule is C.CC(C)OC(=O)NC(C1=Cc2cccnc2[C@@H](N2CCN(C(=O)OC(C)C)CC2)c2ccc(Cl)cc21)c1cncn1C. The maximum Gasteiger partial charge on any atom is 0.410 e. The summed E-state index contributed by atoms with van der Waals surface area (Å²) in [5.74, 6) is 0. The van der Waals surface area contributed by atoms with Gasteiger partial charge in [0.1, 0.15) is 0 Å². The Hall–Kier alpha value is -3.89. The zero-order valence-corrected chi connectivity index (χ0v) is 25.3. The molecule has 0 radical (unpaired) electrons. The van der Waals surface area contributed by atoms with Crippen LogP contribution >= 0.6 is 11.6 Å². The van der Waals surface area contributed by atoms with E-state index < -0.39 is 12.1 Å². The van der Waals surface area contributed by atoms with E-state index in [1.165, 1.54) is 0 Å². The molecule has 3 aromatic rings. The van der Waals surface area contributed by atoms with Crippen LogP contribution in [0.25, 0.3) is 11.6 Å². The smallest absolute Gasteiger partial charge is 0.410 e. The topological polar surface area (TPSA) is 102 Å². The number of hydrogen-bond donors (Lipinski definition) is 1. The first-order valence-electron chi connectivity index (χ1n) is 14.2. The fourth-order valence-electron chi connectivity index (χ4n) is 5.56. The Morgan fingerprint density at radius 2 is 1.77 bits per heavy atom. The molecule has 2 aromatic heterocycles. The van der Waals surface area contributed by atoms with Gasteiger partial charge in [0.25, 0.3) is 0 Å². The highest BCUT2D eigenvalue weighted by Gasteiger charge is 2.36. The lowest BCUT2D eigenvalue weighted by Gasteiger charge is -2.39. The van der Waals surface area contributed by atoms with Crippen molar-refractivity contribution in [2.45, 2.75) is 59.4 Å². The van der Waals surface area contributed by atoms with Crippen molar-refractivity contribution in [2.75, 3.05) is 26.2 Å². The number of hydrogen-bond acceptors (Lipinski definition) is 7. The van der Waals surface area contributed by atoms with Crippen LogP contribution in [0.3, 0.4) is 0 Å². The Kier molecular flexibility index (Phi) is 10.1. The van der Waals surface area contributed by atoms with Crippen LogP contribution in [0, 0.1) is 0 Å². The van der Waals surface area contributed by atoms with E-state index >= 15 is 0 Å². The second-order valence-electron chi connectivity index (χ2n) is 11.1. The molecule has 43 heavy (non-hydrogen) atoms. The van der Waals surface area contributed by atoms with Crippen LogP contribution in [-0.2, 0) is 16.5 Å². The molecule has 2 atom stereocenters. The third-order valence-corrected chi connectivity index (χ3v) is 7.64. The van der Waals surface area contributed by atoms with Gasteiger partial charge < -0.3 is 24.3 Å². The van der Waals surface area contributed by atoms with Crippen LogP contribution < -0.4 is 5.32 Å². The van der Waals surface area contributed by atoms with E-state index in [1.807, 2.05) is 69.6 Å². The number of halogens is 1. The molecule has 1 N–H and O–H groups in total. The van der Waals surface area contributed by atoms with Crippen LogP contribution in [0.5, 0.6) is 0 Å². The molecule has 5 rings (SSSR count). The first kappa shape index (κ1) is 32.0. The van der Waals surface area contributed by atoms with Gasteiger partial charge in [-0.1, -0.05) is 31.2 Å². The fraction of sp³-hybridized carbons (Fsp3) is 0.438. The molecule has 0 saturated carbocycles. The number of ether oxygens (including phenoxy) is 2. The number of amides is 2. The molecular formula is C32H41ClN6O4. The van der Waals surface area contributed by atoms with Gasteiger partial charge in [-0.2, -0.15) is 0 Å². The number of nitrogens with zero attached hydrogens (tertiary/aromatic N) is 5. The molecule has 1 aliphatic heterocycles. The maximum atomic E-state index is 13.0. The van der Waals surface area contributed by atoms with Crippen molar-refractivity contribution in [3.8, 4) is 0 Å². The highest BCUT2D eigenvalue weighted by atomic mass is 35.5. The molecule has 2 amide bonds. The number of nitrogens with one attached hydrogen (secondary N) is 1. The first-order chi connectivity index (χ1) is 20.1. The summed E-state index contributed by atoms with van der Waals surface area (Å²) in [6, 6.07) is 9.01. The minimum absolute atomic E-state index is 0. The number of rotatable bonds is 6. The minimum Gasteiger partial charge on any atom is -0.447 e. The number of benzene rings is 1. The van der Waals surface area contributed by atoms with E-state index in [0.717, 1.165) is 33.7 Å². The quantitative estimate of drug-likeness (QED) is 0.361. The summed E-state index contributed by atoms with van der Waals surface area (Å²) in [6.07, 6.45) is 6.04. The standard InChI is InChI=1S/C31H37ClN6O4.CH4/c1-19(2)41-30(39)35-28(26-17-33-18-36(26)5)25-15-21-7-6-10-34-27(21)29(23-9-8-22(32)16-24(23)25)37-11-13-38(14-12-37)31(40)42-20(3)4;/h6-10,15-20,28-29H,11-14H2,1-5H3,(H,35,39);1H4/t28?,29-;/m0./s1. The third kappa shape index (κ3) is 7.02. The molecule has 2 aliphatic rings. The van der Waals surface area contributed by atoms with E-state index in [9.17, 15) is 9.59 Å². The number of carbonyl (C=O) groups is 2. The lowest BCUT2D eigenvalue weighted by molar-refractivity contribution is 0.0513. The Labute approximate surface area is 258 Å². The number of fused-ring (bicyclic) bond motifs is 2. The lowest BCUT2D eigenvalue weighted by atomic mass is 9.90. The highest BCUT2D eigenvalue weighted by molar-refractivity contribution is 6.30. The van der Waals surface area contributed by atoms with Crippen molar-refractivity contribution < 1.29 is 19.1 Å². The molecule has 10 nitrogen and oxygen atoms in total. The fourth-order valence-corrected chi connectivity index (χ4v) is 5.73. The van der Waals surface area contributed by atoms with Crippen LogP contribution in [0.4, 0.5) is 9.59 Å². The number of carbonyl (C=O) groups excluding carboxylic acids is 2. The largest absolute Gasteiger partial charge is 0.447 e. The summed E-state index contributed by atoms with van der Waals surface area (Å²) in [5.41, 5.74) is 5.35. The molecule has 1 unspecified atom stereocenters. The molecule has 1 saturated heterocycles. The number of imidazole rings is 1. The average molecular weight is 609 g/mol. The summed E-state index contributed by atoms with van der Waals surface area (Å²) in [6.45, 7) is 9.67. The van der Waals surface area contributed by atoms with E-state index in [2.05, 4.69) is 21.3 Å². The van der Waals surface area contributed by atoms with Gasteiger partial charge in [-0.15, -0.1) is 0 Å². The highest BCUT2D eigenvalue weighted by Crippen LogP contribution is 2.44. The van der Waals surface area contributed by atoms with E-state index in [1.54, 1.807) is 23.6 Å². The van der Waals surface area contributed by atoms with Crippen LogP contribution in [0.2, 0.25) is 5.02 Å². The Morgan fingerprint density at radius 1 is 1.05 bits per heavy atom. The second-order valence-corrected chi connectivity index (χ2v) is 11.6. The van der Waals surface area contributed by atoms with E-state index in [-0.39, 0.29) is 31.8 Å². The molecule has 1 aromatic carbocycles. The van der Waals surface area contributed by atoms with E-state index in [4.69, 9.17) is 26.1 Å². The van der Waals surface area contributed by atoms with Crippen LogP contribution in [0.1, 0.15) is 75.3 Å². The Balaban J connectivity index is 0.00000423. The summed E-state index contributed by atoms with van der Waals surface area (Å²) in [7, 11) is 1.89. The predicted molar refractivity (Wildman–Crippen MR) is 168 cm³/mol. The van der Waals surface area contributed by atoms with Crippen molar-refractivity contribution in [3.05, 3.63) is 82.2 Å². The summed E-state index contributed by atoms with van der Waals surface area (Å²) in [5, 5.41) is 3.66.